The zero-order valence-corrected chi connectivity index (χ0v) is 18.1. The summed E-state index contributed by atoms with van der Waals surface area (Å²) in [6.45, 7) is 0.132. The van der Waals surface area contributed by atoms with E-state index < -0.39 is 6.10 Å². The molecule has 1 aliphatic heterocycles. The van der Waals surface area contributed by atoms with Crippen molar-refractivity contribution in [3.05, 3.63) is 64.6 Å². The number of aryl methyl sites for hydroxylation is 1. The fourth-order valence-electron chi connectivity index (χ4n) is 3.36. The van der Waals surface area contributed by atoms with Gasteiger partial charge < -0.3 is 19.4 Å². The van der Waals surface area contributed by atoms with Gasteiger partial charge in [0.15, 0.2) is 17.8 Å². The molecule has 0 spiro atoms. The number of carbonyl (C=O) groups excluding carboxylic acids is 2. The Morgan fingerprint density at radius 3 is 2.81 bits per heavy atom. The van der Waals surface area contributed by atoms with Gasteiger partial charge in [0.25, 0.3) is 5.91 Å². The van der Waals surface area contributed by atoms with Gasteiger partial charge in [-0.2, -0.15) is 0 Å². The van der Waals surface area contributed by atoms with Gasteiger partial charge in [-0.15, -0.1) is 0 Å². The van der Waals surface area contributed by atoms with Gasteiger partial charge in [-0.25, -0.2) is 4.98 Å². The van der Waals surface area contributed by atoms with Crippen molar-refractivity contribution in [1.29, 1.82) is 0 Å². The SMILES string of the molecule is CNC(=O)C1CN(C(=O)CCc2ncc(-c3ccc(Cl)cc3Cl)o2)c2ccccc2O1. The molecule has 4 rings (SSSR count). The molecule has 0 radical (unpaired) electrons. The molecule has 7 nitrogen and oxygen atoms in total. The Morgan fingerprint density at radius 1 is 1.23 bits per heavy atom. The van der Waals surface area contributed by atoms with Crippen molar-refractivity contribution in [2.24, 2.45) is 0 Å². The number of halogens is 2. The van der Waals surface area contributed by atoms with E-state index in [1.807, 2.05) is 6.07 Å². The number of hydrogen-bond acceptors (Lipinski definition) is 5. The number of amides is 2. The molecule has 2 heterocycles. The van der Waals surface area contributed by atoms with Gasteiger partial charge in [-0.05, 0) is 30.3 Å². The fraction of sp³-hybridized carbons (Fsp3) is 0.227. The molecule has 2 aromatic carbocycles. The first-order valence-corrected chi connectivity index (χ1v) is 10.4. The van der Waals surface area contributed by atoms with Crippen LogP contribution in [0.4, 0.5) is 5.69 Å². The molecule has 1 atom stereocenters. The van der Waals surface area contributed by atoms with Crippen LogP contribution in [0.1, 0.15) is 12.3 Å². The topological polar surface area (TPSA) is 84.7 Å². The summed E-state index contributed by atoms with van der Waals surface area (Å²) in [6, 6.07) is 12.2. The van der Waals surface area contributed by atoms with Gasteiger partial charge in [-0.3, -0.25) is 9.59 Å². The first-order chi connectivity index (χ1) is 15.0. The molecular formula is C22H19Cl2N3O4. The van der Waals surface area contributed by atoms with Crippen LogP contribution in [-0.4, -0.2) is 36.5 Å². The maximum atomic E-state index is 13.0. The lowest BCUT2D eigenvalue weighted by Gasteiger charge is -2.34. The highest BCUT2D eigenvalue weighted by molar-refractivity contribution is 6.36. The highest BCUT2D eigenvalue weighted by atomic mass is 35.5. The Hall–Kier alpha value is -3.03. The van der Waals surface area contributed by atoms with Crippen molar-refractivity contribution in [1.82, 2.24) is 10.3 Å². The van der Waals surface area contributed by atoms with Gasteiger partial charge in [-0.1, -0.05) is 35.3 Å². The van der Waals surface area contributed by atoms with Crippen molar-refractivity contribution in [3.8, 4) is 17.1 Å². The van der Waals surface area contributed by atoms with Gasteiger partial charge in [0.2, 0.25) is 5.91 Å². The number of benzene rings is 2. The molecule has 3 aromatic rings. The predicted molar refractivity (Wildman–Crippen MR) is 118 cm³/mol. The molecule has 0 fully saturated rings. The molecule has 1 aromatic heterocycles. The molecule has 0 saturated carbocycles. The zero-order chi connectivity index (χ0) is 22.0. The number of rotatable bonds is 5. The molecule has 0 aliphatic carbocycles. The highest BCUT2D eigenvalue weighted by Gasteiger charge is 2.33. The number of likely N-dealkylation sites (N-methyl/N-ethyl adjacent to an activating group) is 1. The Balaban J connectivity index is 1.47. The van der Waals surface area contributed by atoms with Crippen molar-refractivity contribution >= 4 is 40.7 Å². The zero-order valence-electron chi connectivity index (χ0n) is 16.6. The minimum atomic E-state index is -0.774. The number of fused-ring (bicyclic) bond motifs is 1. The van der Waals surface area contributed by atoms with Crippen LogP contribution in [0.15, 0.2) is 53.1 Å². The van der Waals surface area contributed by atoms with Crippen LogP contribution in [0.2, 0.25) is 10.0 Å². The Morgan fingerprint density at radius 2 is 2.03 bits per heavy atom. The number of nitrogens with one attached hydrogen (secondary N) is 1. The molecular weight excluding hydrogens is 441 g/mol. The van der Waals surface area contributed by atoms with Crippen molar-refractivity contribution in [2.75, 3.05) is 18.5 Å². The number of aromatic nitrogens is 1. The molecule has 0 saturated heterocycles. The summed E-state index contributed by atoms with van der Waals surface area (Å²) in [4.78, 5) is 30.9. The van der Waals surface area contributed by atoms with Crippen LogP contribution in [0.25, 0.3) is 11.3 Å². The first-order valence-electron chi connectivity index (χ1n) is 9.64. The Labute approximate surface area is 188 Å². The van der Waals surface area contributed by atoms with E-state index in [0.29, 0.717) is 45.1 Å². The third-order valence-electron chi connectivity index (χ3n) is 4.92. The summed E-state index contributed by atoms with van der Waals surface area (Å²) in [5.74, 6) is 0.962. The molecule has 1 aliphatic rings. The minimum absolute atomic E-state index is 0.132. The summed E-state index contributed by atoms with van der Waals surface area (Å²) in [7, 11) is 1.53. The predicted octanol–water partition coefficient (Wildman–Crippen LogP) is 4.12. The molecule has 2 amide bonds. The van der Waals surface area contributed by atoms with Crippen molar-refractivity contribution in [3.63, 3.8) is 0 Å². The largest absolute Gasteiger partial charge is 0.477 e. The number of para-hydroxylation sites is 2. The van der Waals surface area contributed by atoms with Gasteiger partial charge in [0.1, 0.15) is 5.75 Å². The second-order valence-corrected chi connectivity index (χ2v) is 7.78. The number of oxazole rings is 1. The summed E-state index contributed by atoms with van der Waals surface area (Å²) in [5.41, 5.74) is 1.31. The van der Waals surface area contributed by atoms with E-state index >= 15 is 0 Å². The fourth-order valence-corrected chi connectivity index (χ4v) is 3.86. The van der Waals surface area contributed by atoms with Crippen LogP contribution >= 0.6 is 23.2 Å². The molecule has 31 heavy (non-hydrogen) atoms. The van der Waals surface area contributed by atoms with E-state index in [0.717, 1.165) is 0 Å². The Bertz CT molecular complexity index is 1130. The lowest BCUT2D eigenvalue weighted by Crippen LogP contribution is -2.50. The summed E-state index contributed by atoms with van der Waals surface area (Å²) in [6.07, 6.45) is 1.25. The highest BCUT2D eigenvalue weighted by Crippen LogP contribution is 2.34. The number of ether oxygens (including phenoxy) is 1. The van der Waals surface area contributed by atoms with Gasteiger partial charge in [0, 0.05) is 30.5 Å². The smallest absolute Gasteiger partial charge is 0.262 e. The van der Waals surface area contributed by atoms with E-state index in [2.05, 4.69) is 10.3 Å². The van der Waals surface area contributed by atoms with Crippen LogP contribution in [0, 0.1) is 0 Å². The maximum absolute atomic E-state index is 13.0. The maximum Gasteiger partial charge on any atom is 0.262 e. The number of anilines is 1. The molecule has 0 bridgehead atoms. The summed E-state index contributed by atoms with van der Waals surface area (Å²) >= 11 is 12.2. The average molecular weight is 460 g/mol. The average Bonchev–Trinajstić information content (AvgIpc) is 3.24. The number of hydrogen-bond donors (Lipinski definition) is 1. The molecule has 9 heteroatoms. The van der Waals surface area contributed by atoms with Crippen LogP contribution in [-0.2, 0) is 16.0 Å². The number of carbonyl (C=O) groups is 2. The molecule has 1 unspecified atom stereocenters. The van der Waals surface area contributed by atoms with E-state index in [4.69, 9.17) is 32.4 Å². The van der Waals surface area contributed by atoms with Gasteiger partial charge >= 0.3 is 0 Å². The molecule has 160 valence electrons. The normalized spacial score (nSPS) is 15.2. The second-order valence-electron chi connectivity index (χ2n) is 6.94. The third-order valence-corrected chi connectivity index (χ3v) is 5.46. The minimum Gasteiger partial charge on any atom is -0.477 e. The third kappa shape index (κ3) is 4.52. The van der Waals surface area contributed by atoms with E-state index in [9.17, 15) is 9.59 Å². The van der Waals surface area contributed by atoms with E-state index in [1.165, 1.54) is 7.05 Å². The second kappa shape index (κ2) is 8.99. The standard InChI is InChI=1S/C22H19Cl2N3O4/c1-25-22(29)19-12-27(16-4-2-3-5-17(16)30-19)21(28)9-8-20-26-11-18(31-20)14-7-6-13(23)10-15(14)24/h2-7,10-11,19H,8-9,12H2,1H3,(H,25,29). The van der Waals surface area contributed by atoms with E-state index in [1.54, 1.807) is 47.5 Å². The summed E-state index contributed by atoms with van der Waals surface area (Å²) in [5, 5.41) is 3.55. The van der Waals surface area contributed by atoms with Crippen molar-refractivity contribution < 1.29 is 18.7 Å². The molecule has 1 N–H and O–H groups in total. The quantitative estimate of drug-likeness (QED) is 0.619. The number of nitrogens with zero attached hydrogens (tertiary/aromatic N) is 2. The van der Waals surface area contributed by atoms with Crippen LogP contribution in [0.3, 0.4) is 0 Å². The first kappa shape index (κ1) is 21.2. The van der Waals surface area contributed by atoms with Crippen LogP contribution in [0.5, 0.6) is 5.75 Å². The van der Waals surface area contributed by atoms with E-state index in [-0.39, 0.29) is 24.8 Å². The lowest BCUT2D eigenvalue weighted by atomic mass is 10.1. The summed E-state index contributed by atoms with van der Waals surface area (Å²) < 4.78 is 11.5. The lowest BCUT2D eigenvalue weighted by molar-refractivity contribution is -0.127. The monoisotopic (exact) mass is 459 g/mol. The Kier molecular flexibility index (Phi) is 6.15. The van der Waals surface area contributed by atoms with Crippen LogP contribution < -0.4 is 15.0 Å². The van der Waals surface area contributed by atoms with Gasteiger partial charge in [0.05, 0.1) is 23.5 Å². The van der Waals surface area contributed by atoms with Crippen molar-refractivity contribution in [2.45, 2.75) is 18.9 Å².